The maximum absolute atomic E-state index is 12.7. The molecular formula is C21H26O8. The SMILES string of the molecule is C=C(C)C(=O)O[C@H]1[C@@H]2C(=C)C(=O)O[C@@H]2CC(C)/C=C\C(=O)[C@](C)(O)[C@@H]1OC(C)=O. The summed E-state index contributed by atoms with van der Waals surface area (Å²) in [5.74, 6) is -4.17. The molecule has 1 unspecified atom stereocenters. The van der Waals surface area contributed by atoms with Crippen molar-refractivity contribution in [3.63, 3.8) is 0 Å². The lowest BCUT2D eigenvalue weighted by Gasteiger charge is -2.39. The summed E-state index contributed by atoms with van der Waals surface area (Å²) in [6, 6.07) is 0. The van der Waals surface area contributed by atoms with Gasteiger partial charge in [0.1, 0.15) is 6.10 Å². The highest BCUT2D eigenvalue weighted by Gasteiger charge is 2.55. The van der Waals surface area contributed by atoms with Crippen molar-refractivity contribution < 1.29 is 38.5 Å². The highest BCUT2D eigenvalue weighted by molar-refractivity contribution is 5.98. The van der Waals surface area contributed by atoms with E-state index in [1.54, 1.807) is 6.08 Å². The predicted molar refractivity (Wildman–Crippen MR) is 101 cm³/mol. The number of allylic oxidation sites excluding steroid dienone is 1. The van der Waals surface area contributed by atoms with Crippen LogP contribution in [0.25, 0.3) is 0 Å². The Morgan fingerprint density at radius 3 is 2.45 bits per heavy atom. The summed E-state index contributed by atoms with van der Waals surface area (Å²) >= 11 is 0. The number of hydrogen-bond acceptors (Lipinski definition) is 8. The zero-order valence-electron chi connectivity index (χ0n) is 17.0. The van der Waals surface area contributed by atoms with Crippen molar-refractivity contribution in [2.75, 3.05) is 0 Å². The first-order valence-corrected chi connectivity index (χ1v) is 9.24. The zero-order chi connectivity index (χ0) is 22.1. The van der Waals surface area contributed by atoms with Gasteiger partial charge in [-0.25, -0.2) is 9.59 Å². The van der Waals surface area contributed by atoms with Crippen LogP contribution in [-0.2, 0) is 33.4 Å². The van der Waals surface area contributed by atoms with Gasteiger partial charge in [-0.2, -0.15) is 0 Å². The fourth-order valence-corrected chi connectivity index (χ4v) is 3.49. The lowest BCUT2D eigenvalue weighted by atomic mass is 9.77. The van der Waals surface area contributed by atoms with E-state index in [0.717, 1.165) is 13.8 Å². The number of ketones is 1. The topological polar surface area (TPSA) is 116 Å². The molecule has 29 heavy (non-hydrogen) atoms. The molecule has 0 amide bonds. The predicted octanol–water partition coefficient (Wildman–Crippen LogP) is 1.42. The second-order valence-electron chi connectivity index (χ2n) is 7.76. The van der Waals surface area contributed by atoms with Crippen LogP contribution in [0.15, 0.2) is 36.5 Å². The van der Waals surface area contributed by atoms with Crippen LogP contribution in [0.5, 0.6) is 0 Å². The summed E-state index contributed by atoms with van der Waals surface area (Å²) in [4.78, 5) is 49.0. The minimum absolute atomic E-state index is 0.00618. The molecule has 0 aromatic heterocycles. The molecule has 0 aromatic rings. The van der Waals surface area contributed by atoms with Crippen LogP contribution in [0.4, 0.5) is 0 Å². The molecular weight excluding hydrogens is 380 g/mol. The number of hydrogen-bond donors (Lipinski definition) is 1. The van der Waals surface area contributed by atoms with E-state index in [9.17, 15) is 24.3 Å². The summed E-state index contributed by atoms with van der Waals surface area (Å²) in [7, 11) is 0. The average molecular weight is 406 g/mol. The largest absolute Gasteiger partial charge is 0.458 e. The van der Waals surface area contributed by atoms with Gasteiger partial charge in [0.15, 0.2) is 23.6 Å². The summed E-state index contributed by atoms with van der Waals surface area (Å²) in [6.07, 6.45) is -0.676. The van der Waals surface area contributed by atoms with Gasteiger partial charge >= 0.3 is 17.9 Å². The highest BCUT2D eigenvalue weighted by atomic mass is 16.6. The van der Waals surface area contributed by atoms with Gasteiger partial charge in [-0.1, -0.05) is 26.2 Å². The minimum Gasteiger partial charge on any atom is -0.458 e. The Hall–Kier alpha value is -2.74. The Morgan fingerprint density at radius 1 is 1.28 bits per heavy atom. The molecule has 1 aliphatic carbocycles. The fraction of sp³-hybridized carbons (Fsp3) is 0.524. The lowest BCUT2D eigenvalue weighted by molar-refractivity contribution is -0.194. The maximum atomic E-state index is 12.7. The van der Waals surface area contributed by atoms with Gasteiger partial charge in [0.25, 0.3) is 0 Å². The van der Waals surface area contributed by atoms with Crippen molar-refractivity contribution in [2.45, 2.75) is 58.0 Å². The van der Waals surface area contributed by atoms with Gasteiger partial charge in [0, 0.05) is 18.1 Å². The third-order valence-corrected chi connectivity index (χ3v) is 5.09. The molecule has 8 heteroatoms. The van der Waals surface area contributed by atoms with E-state index in [0.29, 0.717) is 6.42 Å². The van der Waals surface area contributed by atoms with Crippen LogP contribution in [0.2, 0.25) is 0 Å². The first-order chi connectivity index (χ1) is 13.4. The van der Waals surface area contributed by atoms with E-state index >= 15 is 0 Å². The minimum atomic E-state index is -2.24. The van der Waals surface area contributed by atoms with Crippen LogP contribution in [0, 0.1) is 11.8 Å². The van der Waals surface area contributed by atoms with Gasteiger partial charge in [-0.15, -0.1) is 0 Å². The summed E-state index contributed by atoms with van der Waals surface area (Å²) in [5.41, 5.74) is -2.18. The smallest absolute Gasteiger partial charge is 0.334 e. The molecule has 1 aliphatic heterocycles. The van der Waals surface area contributed by atoms with Gasteiger partial charge in [0.05, 0.1) is 5.92 Å². The molecule has 1 heterocycles. The molecule has 2 aliphatic rings. The molecule has 0 radical (unpaired) electrons. The normalized spacial score (nSPS) is 35.9. The van der Waals surface area contributed by atoms with Crippen molar-refractivity contribution in [1.82, 2.24) is 0 Å². The number of carbonyl (C=O) groups is 4. The van der Waals surface area contributed by atoms with Crippen LogP contribution in [0.1, 0.15) is 34.1 Å². The molecule has 2 rings (SSSR count). The van der Waals surface area contributed by atoms with Crippen molar-refractivity contribution in [3.8, 4) is 0 Å². The monoisotopic (exact) mass is 406 g/mol. The number of aliphatic hydroxyl groups is 1. The Bertz CT molecular complexity index is 791. The molecule has 6 atom stereocenters. The molecule has 1 fully saturated rings. The Labute approximate surface area is 169 Å². The van der Waals surface area contributed by atoms with Crippen molar-refractivity contribution in [3.05, 3.63) is 36.5 Å². The standard InChI is InChI=1S/C21H26O8/c1-10(2)19(24)29-17-16-12(4)20(25)28-14(16)9-11(3)7-8-15(23)21(6,26)18(17)27-13(5)22/h7-8,11,14,16-18,26H,1,4,9H2,2-3,5-6H3/b8-7-/t11?,14-,16-,17+,18-,21+/m1/s1. The third kappa shape index (κ3) is 4.64. The molecule has 158 valence electrons. The number of esters is 3. The van der Waals surface area contributed by atoms with E-state index in [4.69, 9.17) is 14.2 Å². The lowest BCUT2D eigenvalue weighted by Crippen LogP contribution is -2.58. The van der Waals surface area contributed by atoms with Crippen LogP contribution < -0.4 is 0 Å². The van der Waals surface area contributed by atoms with Crippen molar-refractivity contribution in [2.24, 2.45) is 11.8 Å². The quantitative estimate of drug-likeness (QED) is 0.425. The first kappa shape index (κ1) is 22.5. The molecule has 8 nitrogen and oxygen atoms in total. The summed E-state index contributed by atoms with van der Waals surface area (Å²) in [6.45, 7) is 12.7. The number of ether oxygens (including phenoxy) is 3. The van der Waals surface area contributed by atoms with Crippen LogP contribution in [0.3, 0.4) is 0 Å². The summed E-state index contributed by atoms with van der Waals surface area (Å²) < 4.78 is 16.2. The van der Waals surface area contributed by atoms with Gasteiger partial charge in [-0.05, 0) is 32.3 Å². The molecule has 0 aromatic carbocycles. The molecule has 1 N–H and O–H groups in total. The maximum Gasteiger partial charge on any atom is 0.334 e. The second kappa shape index (κ2) is 8.32. The average Bonchev–Trinajstić information content (AvgIpc) is 2.88. The number of rotatable bonds is 3. The number of fused-ring (bicyclic) bond motifs is 1. The molecule has 0 saturated carbocycles. The van der Waals surface area contributed by atoms with Gasteiger partial charge < -0.3 is 19.3 Å². The summed E-state index contributed by atoms with van der Waals surface area (Å²) in [5, 5.41) is 11.0. The molecule has 0 spiro atoms. The Kier molecular flexibility index (Phi) is 6.47. The van der Waals surface area contributed by atoms with E-state index in [2.05, 4.69) is 13.2 Å². The number of carbonyl (C=O) groups excluding carboxylic acids is 4. The van der Waals surface area contributed by atoms with E-state index < -0.39 is 53.5 Å². The van der Waals surface area contributed by atoms with Crippen molar-refractivity contribution >= 4 is 23.7 Å². The van der Waals surface area contributed by atoms with Crippen LogP contribution in [-0.4, -0.2) is 52.7 Å². The zero-order valence-corrected chi connectivity index (χ0v) is 17.0. The fourth-order valence-electron chi connectivity index (χ4n) is 3.49. The third-order valence-electron chi connectivity index (χ3n) is 5.09. The van der Waals surface area contributed by atoms with Gasteiger partial charge in [0.2, 0.25) is 0 Å². The van der Waals surface area contributed by atoms with Gasteiger partial charge in [-0.3, -0.25) is 9.59 Å². The van der Waals surface area contributed by atoms with Crippen molar-refractivity contribution in [1.29, 1.82) is 0 Å². The first-order valence-electron chi connectivity index (χ1n) is 9.24. The second-order valence-corrected chi connectivity index (χ2v) is 7.76. The molecule has 0 bridgehead atoms. The Morgan fingerprint density at radius 2 is 1.90 bits per heavy atom. The van der Waals surface area contributed by atoms with E-state index in [1.165, 1.54) is 13.0 Å². The molecule has 1 saturated heterocycles. The van der Waals surface area contributed by atoms with Crippen LogP contribution >= 0.6 is 0 Å². The van der Waals surface area contributed by atoms with E-state index in [1.807, 2.05) is 6.92 Å². The van der Waals surface area contributed by atoms with E-state index in [-0.39, 0.29) is 17.1 Å². The Balaban J connectivity index is 2.67. The highest BCUT2D eigenvalue weighted by Crippen LogP contribution is 2.40.